The molecular weight excluding hydrogens is 362 g/mol. The predicted octanol–water partition coefficient (Wildman–Crippen LogP) is -1.49. The highest BCUT2D eigenvalue weighted by Gasteiger charge is 2.46. The number of hydrogen-bond donors (Lipinski definition) is 4. The summed E-state index contributed by atoms with van der Waals surface area (Å²) in [6, 6.07) is 0. The summed E-state index contributed by atoms with van der Waals surface area (Å²) in [6.07, 6.45) is -3.27. The summed E-state index contributed by atoms with van der Waals surface area (Å²) in [7, 11) is 0. The monoisotopic (exact) mass is 381 g/mol. The fourth-order valence-corrected chi connectivity index (χ4v) is 2.74. The van der Waals surface area contributed by atoms with Crippen LogP contribution in [0.5, 0.6) is 0 Å². The summed E-state index contributed by atoms with van der Waals surface area (Å²) < 4.78 is 11.7. The van der Waals surface area contributed by atoms with Crippen molar-refractivity contribution in [3.63, 3.8) is 0 Å². The number of aliphatic hydroxyl groups excluding tert-OH is 2. The van der Waals surface area contributed by atoms with E-state index in [-0.39, 0.29) is 35.4 Å². The molecule has 4 atom stereocenters. The SMILES string of the molecule is CC(C)C(=O)Nc1nc2c(ncn2[C@@H]2O[C@H](CO)[C@@H](O)[C@H]2OC=O)c(=O)[nH]1. The Morgan fingerprint density at radius 2 is 2.30 bits per heavy atom. The molecule has 0 aromatic carbocycles. The normalized spacial score (nSPS) is 25.1. The van der Waals surface area contributed by atoms with Gasteiger partial charge in [-0.05, 0) is 0 Å². The number of aromatic nitrogens is 4. The fourth-order valence-electron chi connectivity index (χ4n) is 2.74. The second-order valence-electron chi connectivity index (χ2n) is 6.32. The molecule has 0 aliphatic carbocycles. The van der Waals surface area contributed by atoms with Gasteiger partial charge in [-0.1, -0.05) is 13.8 Å². The zero-order chi connectivity index (χ0) is 19.7. The number of hydrogen-bond acceptors (Lipinski definition) is 9. The molecule has 2 aromatic heterocycles. The van der Waals surface area contributed by atoms with Gasteiger partial charge in [-0.15, -0.1) is 0 Å². The largest absolute Gasteiger partial charge is 0.457 e. The molecule has 2 aromatic rings. The zero-order valence-electron chi connectivity index (χ0n) is 14.5. The Labute approximate surface area is 152 Å². The van der Waals surface area contributed by atoms with Gasteiger partial charge in [0, 0.05) is 5.92 Å². The van der Waals surface area contributed by atoms with Crippen LogP contribution in [0.25, 0.3) is 11.2 Å². The Balaban J connectivity index is 2.04. The van der Waals surface area contributed by atoms with Crippen LogP contribution in [-0.4, -0.2) is 67.0 Å². The van der Waals surface area contributed by atoms with Gasteiger partial charge in [0.25, 0.3) is 12.0 Å². The van der Waals surface area contributed by atoms with Crippen molar-refractivity contribution in [2.75, 3.05) is 11.9 Å². The van der Waals surface area contributed by atoms with Crippen LogP contribution in [0.4, 0.5) is 5.95 Å². The quantitative estimate of drug-likeness (QED) is 0.435. The van der Waals surface area contributed by atoms with E-state index >= 15 is 0 Å². The number of aliphatic hydroxyl groups is 2. The third kappa shape index (κ3) is 3.41. The van der Waals surface area contributed by atoms with Gasteiger partial charge in [-0.2, -0.15) is 4.98 Å². The molecular formula is C15H19N5O7. The van der Waals surface area contributed by atoms with Crippen molar-refractivity contribution >= 4 is 29.5 Å². The van der Waals surface area contributed by atoms with E-state index in [0.717, 1.165) is 0 Å². The summed E-state index contributed by atoms with van der Waals surface area (Å²) >= 11 is 0. The number of anilines is 1. The number of ether oxygens (including phenoxy) is 2. The summed E-state index contributed by atoms with van der Waals surface area (Å²) in [5.41, 5.74) is -0.580. The average molecular weight is 381 g/mol. The maximum Gasteiger partial charge on any atom is 0.293 e. The van der Waals surface area contributed by atoms with Gasteiger partial charge in [0.15, 0.2) is 23.5 Å². The van der Waals surface area contributed by atoms with Gasteiger partial charge in [0.1, 0.15) is 12.2 Å². The van der Waals surface area contributed by atoms with Crippen molar-refractivity contribution in [1.29, 1.82) is 0 Å². The molecule has 0 saturated carbocycles. The molecule has 27 heavy (non-hydrogen) atoms. The number of fused-ring (bicyclic) bond motifs is 1. The molecule has 0 unspecified atom stereocenters. The topological polar surface area (TPSA) is 169 Å². The number of aromatic amines is 1. The second-order valence-corrected chi connectivity index (χ2v) is 6.32. The molecule has 0 spiro atoms. The number of nitrogens with zero attached hydrogens (tertiary/aromatic N) is 3. The number of amides is 1. The molecule has 1 saturated heterocycles. The number of rotatable bonds is 6. The first kappa shape index (κ1) is 18.9. The highest BCUT2D eigenvalue weighted by Crippen LogP contribution is 2.32. The van der Waals surface area contributed by atoms with E-state index in [1.165, 1.54) is 10.9 Å². The number of nitrogens with one attached hydrogen (secondary N) is 2. The van der Waals surface area contributed by atoms with Crippen LogP contribution in [0.1, 0.15) is 20.1 Å². The van der Waals surface area contributed by atoms with E-state index in [2.05, 4.69) is 20.3 Å². The summed E-state index contributed by atoms with van der Waals surface area (Å²) in [5.74, 6) is -0.767. The van der Waals surface area contributed by atoms with Crippen LogP contribution in [0.2, 0.25) is 0 Å². The Morgan fingerprint density at radius 3 is 2.93 bits per heavy atom. The minimum absolute atomic E-state index is 0.0343. The smallest absolute Gasteiger partial charge is 0.293 e. The first-order valence-corrected chi connectivity index (χ1v) is 8.18. The predicted molar refractivity (Wildman–Crippen MR) is 89.6 cm³/mol. The number of H-pyrrole nitrogens is 1. The Kier molecular flexibility index (Phi) is 5.21. The molecule has 12 nitrogen and oxygen atoms in total. The molecule has 1 aliphatic rings. The molecule has 3 heterocycles. The lowest BCUT2D eigenvalue weighted by Gasteiger charge is -2.19. The lowest BCUT2D eigenvalue weighted by molar-refractivity contribution is -0.142. The first-order valence-electron chi connectivity index (χ1n) is 8.18. The van der Waals surface area contributed by atoms with Crippen molar-refractivity contribution in [1.82, 2.24) is 19.5 Å². The van der Waals surface area contributed by atoms with Gasteiger partial charge >= 0.3 is 0 Å². The summed E-state index contributed by atoms with van der Waals surface area (Å²) in [6.45, 7) is 3.01. The molecule has 146 valence electrons. The van der Waals surface area contributed by atoms with Crippen molar-refractivity contribution in [3.05, 3.63) is 16.7 Å². The minimum atomic E-state index is -1.29. The second kappa shape index (κ2) is 7.42. The molecule has 1 aliphatic heterocycles. The number of carbonyl (C=O) groups is 2. The fraction of sp³-hybridized carbons (Fsp3) is 0.533. The van der Waals surface area contributed by atoms with Crippen molar-refractivity contribution in [2.45, 2.75) is 38.4 Å². The van der Waals surface area contributed by atoms with Gasteiger partial charge in [-0.25, -0.2) is 4.98 Å². The highest BCUT2D eigenvalue weighted by atomic mass is 16.6. The van der Waals surface area contributed by atoms with Gasteiger partial charge in [0.05, 0.1) is 12.9 Å². The van der Waals surface area contributed by atoms with E-state index in [1.54, 1.807) is 13.8 Å². The van der Waals surface area contributed by atoms with E-state index in [4.69, 9.17) is 9.47 Å². The Morgan fingerprint density at radius 1 is 1.56 bits per heavy atom. The van der Waals surface area contributed by atoms with Crippen LogP contribution in [0.15, 0.2) is 11.1 Å². The molecule has 12 heteroatoms. The maximum atomic E-state index is 12.2. The number of imidazole rings is 1. The molecule has 3 rings (SSSR count). The Bertz CT molecular complexity index is 908. The van der Waals surface area contributed by atoms with Crippen LogP contribution in [0, 0.1) is 5.92 Å². The molecule has 0 radical (unpaired) electrons. The molecule has 0 bridgehead atoms. The van der Waals surface area contributed by atoms with Gasteiger partial charge in [-0.3, -0.25) is 29.3 Å². The molecule has 1 fully saturated rings. The van der Waals surface area contributed by atoms with Crippen LogP contribution in [-0.2, 0) is 19.1 Å². The Hall–Kier alpha value is -2.83. The van der Waals surface area contributed by atoms with Crippen molar-refractivity contribution in [3.8, 4) is 0 Å². The van der Waals surface area contributed by atoms with Crippen molar-refractivity contribution < 1.29 is 29.3 Å². The standard InChI is InChI=1S/C15H19N5O7/c1-6(2)12(24)18-15-17-11-8(13(25)19-15)16-4-20(11)14-10(26-5-22)9(23)7(3-21)27-14/h4-7,9-10,14,21,23H,3H2,1-2H3,(H2,17,18,19,24,25)/t7-,9-,10-,14-/m1/s1. The minimum Gasteiger partial charge on any atom is -0.457 e. The van der Waals surface area contributed by atoms with Gasteiger partial charge < -0.3 is 19.7 Å². The van der Waals surface area contributed by atoms with E-state index in [9.17, 15) is 24.6 Å². The third-order valence-electron chi connectivity index (χ3n) is 4.18. The lowest BCUT2D eigenvalue weighted by Crippen LogP contribution is -2.35. The number of carbonyl (C=O) groups excluding carboxylic acids is 2. The van der Waals surface area contributed by atoms with E-state index in [0.29, 0.717) is 0 Å². The maximum absolute atomic E-state index is 12.2. The summed E-state index contributed by atoms with van der Waals surface area (Å²) in [4.78, 5) is 45.4. The van der Waals surface area contributed by atoms with Crippen molar-refractivity contribution in [2.24, 2.45) is 5.92 Å². The first-order chi connectivity index (χ1) is 12.9. The lowest BCUT2D eigenvalue weighted by atomic mass is 10.1. The van der Waals surface area contributed by atoms with E-state index < -0.39 is 36.7 Å². The van der Waals surface area contributed by atoms with Crippen LogP contribution in [0.3, 0.4) is 0 Å². The van der Waals surface area contributed by atoms with E-state index in [1.807, 2.05) is 0 Å². The van der Waals surface area contributed by atoms with Crippen LogP contribution >= 0.6 is 0 Å². The third-order valence-corrected chi connectivity index (χ3v) is 4.18. The summed E-state index contributed by atoms with van der Waals surface area (Å²) in [5, 5.41) is 22.0. The average Bonchev–Trinajstić information content (AvgIpc) is 3.17. The highest BCUT2D eigenvalue weighted by molar-refractivity contribution is 5.91. The zero-order valence-corrected chi connectivity index (χ0v) is 14.5. The molecule has 4 N–H and O–H groups in total. The van der Waals surface area contributed by atoms with Crippen LogP contribution < -0.4 is 10.9 Å². The molecule has 1 amide bonds. The van der Waals surface area contributed by atoms with Gasteiger partial charge in [0.2, 0.25) is 11.9 Å².